The summed E-state index contributed by atoms with van der Waals surface area (Å²) in [4.78, 5) is 47.7. The van der Waals surface area contributed by atoms with Gasteiger partial charge in [0, 0.05) is 5.56 Å². The number of methoxy groups -OCH3 is 1. The van der Waals surface area contributed by atoms with Crippen LogP contribution in [0.15, 0.2) is 24.3 Å². The first-order chi connectivity index (χ1) is 12.8. The van der Waals surface area contributed by atoms with Crippen LogP contribution in [0.3, 0.4) is 0 Å². The van der Waals surface area contributed by atoms with Crippen molar-refractivity contribution in [2.75, 3.05) is 19.1 Å². The van der Waals surface area contributed by atoms with Crippen molar-refractivity contribution in [1.29, 1.82) is 0 Å². The summed E-state index contributed by atoms with van der Waals surface area (Å²) in [5.41, 5.74) is 1.34. The molecule has 27 heavy (non-hydrogen) atoms. The van der Waals surface area contributed by atoms with Crippen molar-refractivity contribution >= 4 is 35.6 Å². The number of carbonyl (C=O) groups excluding carboxylic acids is 4. The first kappa shape index (κ1) is 22.5. The van der Waals surface area contributed by atoms with Gasteiger partial charge in [0.2, 0.25) is 0 Å². The number of alkyl carbamates (subject to hydrolysis) is 1. The second-order valence-corrected chi connectivity index (χ2v) is 6.72. The normalized spacial score (nSPS) is 12.4. The average Bonchev–Trinajstić information content (AvgIpc) is 2.64. The third-order valence-corrected chi connectivity index (χ3v) is 4.20. The number of ether oxygens (including phenoxy) is 2. The molecule has 0 aliphatic carbocycles. The Labute approximate surface area is 162 Å². The van der Waals surface area contributed by atoms with E-state index < -0.39 is 36.0 Å². The molecule has 0 spiro atoms. The lowest BCUT2D eigenvalue weighted by atomic mass is 10.1. The van der Waals surface area contributed by atoms with Gasteiger partial charge in [0.25, 0.3) is 11.8 Å². The monoisotopic (exact) mass is 396 g/mol. The van der Waals surface area contributed by atoms with Gasteiger partial charge in [-0.3, -0.25) is 14.9 Å². The fraction of sp³-hybridized carbons (Fsp3) is 0.444. The molecule has 0 aromatic heterocycles. The van der Waals surface area contributed by atoms with E-state index >= 15 is 0 Å². The largest absolute Gasteiger partial charge is 0.453 e. The van der Waals surface area contributed by atoms with Crippen LogP contribution in [0.2, 0.25) is 0 Å². The summed E-state index contributed by atoms with van der Waals surface area (Å²) in [7, 11) is 1.11. The predicted octanol–water partition coefficient (Wildman–Crippen LogP) is 1.66. The van der Waals surface area contributed by atoms with Crippen molar-refractivity contribution in [3.63, 3.8) is 0 Å². The summed E-state index contributed by atoms with van der Waals surface area (Å²) in [6, 6.07) is 6.04. The smallest absolute Gasteiger partial charge is 0.413 e. The van der Waals surface area contributed by atoms with E-state index in [2.05, 4.69) is 10.1 Å². The highest BCUT2D eigenvalue weighted by Crippen LogP contribution is 2.08. The van der Waals surface area contributed by atoms with Crippen LogP contribution in [0.1, 0.15) is 29.3 Å². The summed E-state index contributed by atoms with van der Waals surface area (Å²) < 4.78 is 9.41. The van der Waals surface area contributed by atoms with Crippen LogP contribution in [0.5, 0.6) is 0 Å². The molecule has 0 saturated heterocycles. The third kappa shape index (κ3) is 7.69. The number of aryl methyl sites for hydroxylation is 1. The molecule has 8 nitrogen and oxygen atoms in total. The van der Waals surface area contributed by atoms with Crippen molar-refractivity contribution in [2.24, 2.45) is 0 Å². The zero-order valence-corrected chi connectivity index (χ0v) is 16.6. The molecule has 2 atom stereocenters. The SMILES string of the molecule is COC(=O)NC(=O)[C@H](C)OC(=O)[C@@H](CCSC)NC(=O)c1cccc(C)c1. The Balaban J connectivity index is 2.76. The number of hydrogen-bond donors (Lipinski definition) is 2. The second-order valence-electron chi connectivity index (χ2n) is 5.74. The molecule has 0 radical (unpaired) electrons. The van der Waals surface area contributed by atoms with Gasteiger partial charge in [0.1, 0.15) is 6.04 Å². The van der Waals surface area contributed by atoms with Crippen molar-refractivity contribution in [1.82, 2.24) is 10.6 Å². The van der Waals surface area contributed by atoms with E-state index in [9.17, 15) is 19.2 Å². The number of nitrogens with one attached hydrogen (secondary N) is 2. The quantitative estimate of drug-likeness (QED) is 0.643. The average molecular weight is 396 g/mol. The van der Waals surface area contributed by atoms with Gasteiger partial charge in [-0.1, -0.05) is 17.7 Å². The van der Waals surface area contributed by atoms with E-state index in [1.54, 1.807) is 18.2 Å². The van der Waals surface area contributed by atoms with E-state index in [1.807, 2.05) is 24.6 Å². The van der Waals surface area contributed by atoms with Crippen LogP contribution in [0, 0.1) is 6.92 Å². The number of rotatable bonds is 8. The molecule has 0 bridgehead atoms. The van der Waals surface area contributed by atoms with E-state index in [4.69, 9.17) is 4.74 Å². The maximum atomic E-state index is 12.4. The Morgan fingerprint density at radius 2 is 1.93 bits per heavy atom. The molecule has 0 fully saturated rings. The van der Waals surface area contributed by atoms with Gasteiger partial charge < -0.3 is 14.8 Å². The second kappa shape index (κ2) is 11.2. The Morgan fingerprint density at radius 3 is 2.52 bits per heavy atom. The van der Waals surface area contributed by atoms with Crippen molar-refractivity contribution in [3.05, 3.63) is 35.4 Å². The Morgan fingerprint density at radius 1 is 1.22 bits per heavy atom. The molecule has 1 rings (SSSR count). The highest BCUT2D eigenvalue weighted by molar-refractivity contribution is 7.98. The van der Waals surface area contributed by atoms with Gasteiger partial charge in [-0.25, -0.2) is 9.59 Å². The van der Waals surface area contributed by atoms with Gasteiger partial charge in [0.05, 0.1) is 7.11 Å². The molecule has 9 heteroatoms. The van der Waals surface area contributed by atoms with Gasteiger partial charge in [0.15, 0.2) is 6.10 Å². The van der Waals surface area contributed by atoms with Gasteiger partial charge in [-0.2, -0.15) is 11.8 Å². The predicted molar refractivity (Wildman–Crippen MR) is 102 cm³/mol. The molecule has 0 aliphatic heterocycles. The third-order valence-electron chi connectivity index (χ3n) is 3.55. The Hall–Kier alpha value is -2.55. The van der Waals surface area contributed by atoms with E-state index in [1.165, 1.54) is 18.7 Å². The van der Waals surface area contributed by atoms with Gasteiger partial charge in [-0.05, 0) is 44.4 Å². The molecule has 1 aromatic rings. The number of hydrogen-bond acceptors (Lipinski definition) is 7. The molecular weight excluding hydrogens is 372 g/mol. The summed E-state index contributed by atoms with van der Waals surface area (Å²) in [5, 5.41) is 4.56. The molecule has 0 heterocycles. The van der Waals surface area contributed by atoms with E-state index in [-0.39, 0.29) is 0 Å². The van der Waals surface area contributed by atoms with Crippen LogP contribution >= 0.6 is 11.8 Å². The number of imide groups is 1. The first-order valence-electron chi connectivity index (χ1n) is 8.24. The van der Waals surface area contributed by atoms with Crippen LogP contribution < -0.4 is 10.6 Å². The first-order valence-corrected chi connectivity index (χ1v) is 9.63. The molecule has 0 saturated carbocycles. The lowest BCUT2D eigenvalue weighted by molar-refractivity contribution is -0.156. The van der Waals surface area contributed by atoms with Crippen LogP contribution in [0.25, 0.3) is 0 Å². The number of amides is 3. The molecule has 3 amide bonds. The Bertz CT molecular complexity index is 694. The summed E-state index contributed by atoms with van der Waals surface area (Å²) >= 11 is 1.51. The van der Waals surface area contributed by atoms with Gasteiger partial charge in [-0.15, -0.1) is 0 Å². The lowest BCUT2D eigenvalue weighted by Gasteiger charge is -2.20. The molecule has 0 aliphatic rings. The van der Waals surface area contributed by atoms with Crippen LogP contribution in [0.4, 0.5) is 4.79 Å². The fourth-order valence-corrected chi connectivity index (χ4v) is 2.55. The van der Waals surface area contributed by atoms with Crippen molar-refractivity contribution in [3.8, 4) is 0 Å². The zero-order valence-electron chi connectivity index (χ0n) is 15.7. The number of esters is 1. The highest BCUT2D eigenvalue weighted by atomic mass is 32.2. The number of benzene rings is 1. The highest BCUT2D eigenvalue weighted by Gasteiger charge is 2.27. The molecule has 1 aromatic carbocycles. The maximum Gasteiger partial charge on any atom is 0.413 e. The topological polar surface area (TPSA) is 111 Å². The van der Waals surface area contributed by atoms with Gasteiger partial charge >= 0.3 is 12.1 Å². The minimum absolute atomic E-state index is 0.336. The lowest BCUT2D eigenvalue weighted by Crippen LogP contribution is -2.46. The van der Waals surface area contributed by atoms with Crippen LogP contribution in [-0.4, -0.2) is 55.1 Å². The number of thioether (sulfide) groups is 1. The summed E-state index contributed by atoms with van der Waals surface area (Å²) in [6.07, 6.45) is 0.0407. The van der Waals surface area contributed by atoms with Crippen molar-refractivity contribution in [2.45, 2.75) is 32.4 Å². The number of carbonyl (C=O) groups is 4. The zero-order chi connectivity index (χ0) is 20.4. The van der Waals surface area contributed by atoms with Crippen molar-refractivity contribution < 1.29 is 28.7 Å². The van der Waals surface area contributed by atoms with E-state index in [0.717, 1.165) is 12.7 Å². The van der Waals surface area contributed by atoms with Crippen LogP contribution in [-0.2, 0) is 19.1 Å². The Kier molecular flexibility index (Phi) is 9.35. The standard InChI is InChI=1S/C18H24N2O6S/c1-11-6-5-7-13(10-11)16(22)19-14(8-9-27-4)17(23)26-12(2)15(21)20-18(24)25-3/h5-7,10,12,14H,8-9H2,1-4H3,(H,19,22)(H,20,21,24)/t12-,14+/m0/s1. The molecule has 0 unspecified atom stereocenters. The summed E-state index contributed by atoms with van der Waals surface area (Å²) in [5.74, 6) is -1.37. The molecule has 148 valence electrons. The molecular formula is C18H24N2O6S. The minimum Gasteiger partial charge on any atom is -0.453 e. The van der Waals surface area contributed by atoms with E-state index in [0.29, 0.717) is 17.7 Å². The summed E-state index contributed by atoms with van der Waals surface area (Å²) in [6.45, 7) is 3.18. The molecule has 2 N–H and O–H groups in total. The minimum atomic E-state index is -1.22. The fourth-order valence-electron chi connectivity index (χ4n) is 2.08. The maximum absolute atomic E-state index is 12.4.